The number of benzene rings is 1. The lowest BCUT2D eigenvalue weighted by molar-refractivity contribution is 0.168. The first-order valence-corrected chi connectivity index (χ1v) is 6.61. The summed E-state index contributed by atoms with van der Waals surface area (Å²) in [4.78, 5) is 0. The number of hydrogen-bond donors (Lipinski definition) is 1. The second-order valence-corrected chi connectivity index (χ2v) is 4.67. The topological polar surface area (TPSA) is 21.3 Å². The van der Waals surface area contributed by atoms with Crippen molar-refractivity contribution in [3.05, 3.63) is 46.4 Å². The smallest absolute Gasteiger partial charge is 0.142 e. The van der Waals surface area contributed by atoms with Crippen LogP contribution in [0.1, 0.15) is 31.4 Å². The highest BCUT2D eigenvalue weighted by molar-refractivity contribution is 6.30. The van der Waals surface area contributed by atoms with Crippen molar-refractivity contribution in [2.45, 2.75) is 25.8 Å². The predicted molar refractivity (Wildman–Crippen MR) is 71.1 cm³/mol. The van der Waals surface area contributed by atoms with Crippen molar-refractivity contribution in [3.63, 3.8) is 0 Å². The zero-order chi connectivity index (χ0) is 13.0. The fourth-order valence-corrected chi connectivity index (χ4v) is 2.17. The van der Waals surface area contributed by atoms with Crippen molar-refractivity contribution < 1.29 is 9.13 Å². The Hall–Kier alpha value is -1.06. The van der Waals surface area contributed by atoms with Crippen LogP contribution in [0.5, 0.6) is 0 Å². The molecule has 0 aromatic heterocycles. The minimum absolute atomic E-state index is 0.0953. The second kappa shape index (κ2) is 6.21. The number of allylic oxidation sites excluding steroid dienone is 1. The van der Waals surface area contributed by atoms with E-state index >= 15 is 0 Å². The molecule has 98 valence electrons. The summed E-state index contributed by atoms with van der Waals surface area (Å²) in [5.41, 5.74) is 0.840. The molecule has 0 saturated carbocycles. The zero-order valence-electron chi connectivity index (χ0n) is 10.4. The third-order valence-electron chi connectivity index (χ3n) is 2.93. The lowest BCUT2D eigenvalue weighted by atomic mass is 10.0. The van der Waals surface area contributed by atoms with Gasteiger partial charge in [-0.2, -0.15) is 0 Å². The van der Waals surface area contributed by atoms with E-state index in [4.69, 9.17) is 16.3 Å². The average molecular weight is 270 g/mol. The van der Waals surface area contributed by atoms with Crippen molar-refractivity contribution in [1.82, 2.24) is 5.32 Å². The van der Waals surface area contributed by atoms with Gasteiger partial charge in [-0.05, 0) is 43.2 Å². The van der Waals surface area contributed by atoms with Gasteiger partial charge >= 0.3 is 0 Å². The molecule has 18 heavy (non-hydrogen) atoms. The Balaban J connectivity index is 2.28. The maximum atomic E-state index is 13.5. The molecular formula is C14H17ClFNO. The monoisotopic (exact) mass is 269 g/mol. The molecule has 1 aromatic carbocycles. The van der Waals surface area contributed by atoms with E-state index < -0.39 is 5.82 Å². The van der Waals surface area contributed by atoms with Gasteiger partial charge < -0.3 is 10.1 Å². The van der Waals surface area contributed by atoms with E-state index in [9.17, 15) is 4.39 Å². The summed E-state index contributed by atoms with van der Waals surface area (Å²) >= 11 is 5.71. The van der Waals surface area contributed by atoms with Crippen molar-refractivity contribution in [2.24, 2.45) is 0 Å². The minimum atomic E-state index is -0.395. The van der Waals surface area contributed by atoms with Gasteiger partial charge in [-0.25, -0.2) is 4.39 Å². The fourth-order valence-electron chi connectivity index (χ4n) is 2.06. The molecule has 1 heterocycles. The highest BCUT2D eigenvalue weighted by Gasteiger charge is 2.19. The number of nitrogens with one attached hydrogen (secondary N) is 1. The zero-order valence-corrected chi connectivity index (χ0v) is 11.1. The molecule has 4 heteroatoms. The molecule has 1 aliphatic heterocycles. The molecule has 0 spiro atoms. The van der Waals surface area contributed by atoms with Crippen LogP contribution in [0.2, 0.25) is 5.02 Å². The fraction of sp³-hybridized carbons (Fsp3) is 0.429. The van der Waals surface area contributed by atoms with E-state index in [2.05, 4.69) is 11.4 Å². The number of hydrogen-bond acceptors (Lipinski definition) is 2. The van der Waals surface area contributed by atoms with Crippen LogP contribution in [0.4, 0.5) is 4.39 Å². The molecule has 0 aliphatic carbocycles. The van der Waals surface area contributed by atoms with E-state index in [1.165, 1.54) is 6.07 Å². The van der Waals surface area contributed by atoms with Crippen molar-refractivity contribution in [1.29, 1.82) is 0 Å². The Morgan fingerprint density at radius 2 is 2.33 bits per heavy atom. The Morgan fingerprint density at radius 1 is 1.50 bits per heavy atom. The third-order valence-corrected chi connectivity index (χ3v) is 3.24. The SMILES string of the molecule is CCNC(C1=CCCCO1)c1ccc(Cl)c(F)c1. The van der Waals surface area contributed by atoms with Gasteiger partial charge in [0, 0.05) is 0 Å². The maximum absolute atomic E-state index is 13.5. The summed E-state index contributed by atoms with van der Waals surface area (Å²) in [5, 5.41) is 3.46. The lowest BCUT2D eigenvalue weighted by Gasteiger charge is -2.25. The van der Waals surface area contributed by atoms with Gasteiger partial charge in [0.25, 0.3) is 0 Å². The van der Waals surface area contributed by atoms with Gasteiger partial charge in [-0.1, -0.05) is 24.6 Å². The van der Waals surface area contributed by atoms with Crippen LogP contribution < -0.4 is 5.32 Å². The van der Waals surface area contributed by atoms with Crippen LogP contribution in [-0.2, 0) is 4.74 Å². The molecule has 0 bridgehead atoms. The minimum Gasteiger partial charge on any atom is -0.496 e. The van der Waals surface area contributed by atoms with Crippen LogP contribution in [0.25, 0.3) is 0 Å². The highest BCUT2D eigenvalue weighted by Crippen LogP contribution is 2.28. The van der Waals surface area contributed by atoms with Gasteiger partial charge in [-0.15, -0.1) is 0 Å². The average Bonchev–Trinajstić information content (AvgIpc) is 2.40. The van der Waals surface area contributed by atoms with Crippen LogP contribution >= 0.6 is 11.6 Å². The molecule has 1 N–H and O–H groups in total. The molecular weight excluding hydrogens is 253 g/mol. The van der Waals surface area contributed by atoms with Crippen LogP contribution in [-0.4, -0.2) is 13.2 Å². The number of ether oxygens (including phenoxy) is 1. The van der Waals surface area contributed by atoms with E-state index in [0.29, 0.717) is 0 Å². The normalized spacial score (nSPS) is 16.9. The molecule has 0 saturated heterocycles. The first-order valence-electron chi connectivity index (χ1n) is 6.23. The van der Waals surface area contributed by atoms with E-state index in [0.717, 1.165) is 37.3 Å². The lowest BCUT2D eigenvalue weighted by Crippen LogP contribution is -2.25. The Kier molecular flexibility index (Phi) is 4.61. The first kappa shape index (κ1) is 13.4. The van der Waals surface area contributed by atoms with Crippen LogP contribution in [0.3, 0.4) is 0 Å². The van der Waals surface area contributed by atoms with Crippen LogP contribution in [0.15, 0.2) is 30.0 Å². The second-order valence-electron chi connectivity index (χ2n) is 4.26. The van der Waals surface area contributed by atoms with Crippen LogP contribution in [0, 0.1) is 5.82 Å². The van der Waals surface area contributed by atoms with Crippen molar-refractivity contribution in [3.8, 4) is 0 Å². The Morgan fingerprint density at radius 3 is 2.94 bits per heavy atom. The van der Waals surface area contributed by atoms with Gasteiger partial charge in [0.1, 0.15) is 11.6 Å². The molecule has 1 atom stereocenters. The van der Waals surface area contributed by atoms with E-state index in [1.807, 2.05) is 13.0 Å². The van der Waals surface area contributed by atoms with Gasteiger partial charge in [0.15, 0.2) is 0 Å². The summed E-state index contributed by atoms with van der Waals surface area (Å²) < 4.78 is 19.2. The van der Waals surface area contributed by atoms with Crippen molar-refractivity contribution >= 4 is 11.6 Å². The first-order chi connectivity index (χ1) is 8.72. The molecule has 1 unspecified atom stereocenters. The summed E-state index contributed by atoms with van der Waals surface area (Å²) in [6.07, 6.45) is 4.12. The number of likely N-dealkylation sites (N-methyl/N-ethyl adjacent to an activating group) is 1. The summed E-state index contributed by atoms with van der Waals surface area (Å²) in [5.74, 6) is 0.485. The van der Waals surface area contributed by atoms with Gasteiger partial charge in [0.2, 0.25) is 0 Å². The molecule has 2 nitrogen and oxygen atoms in total. The summed E-state index contributed by atoms with van der Waals surface area (Å²) in [6.45, 7) is 3.53. The van der Waals surface area contributed by atoms with Crippen molar-refractivity contribution in [2.75, 3.05) is 13.2 Å². The Bertz CT molecular complexity index is 447. The van der Waals surface area contributed by atoms with Gasteiger partial charge in [-0.3, -0.25) is 0 Å². The van der Waals surface area contributed by atoms with Gasteiger partial charge in [0.05, 0.1) is 17.7 Å². The maximum Gasteiger partial charge on any atom is 0.142 e. The molecule has 0 fully saturated rings. The molecule has 1 aliphatic rings. The van der Waals surface area contributed by atoms with E-state index in [-0.39, 0.29) is 11.1 Å². The Labute approximate surface area is 112 Å². The molecule has 0 radical (unpaired) electrons. The molecule has 2 rings (SSSR count). The number of rotatable bonds is 4. The number of halogens is 2. The summed E-state index contributed by atoms with van der Waals surface area (Å²) in [7, 11) is 0. The quantitative estimate of drug-likeness (QED) is 0.897. The molecule has 0 amide bonds. The predicted octanol–water partition coefficient (Wildman–Crippen LogP) is 3.82. The largest absolute Gasteiger partial charge is 0.496 e. The highest BCUT2D eigenvalue weighted by atomic mass is 35.5. The molecule has 1 aromatic rings. The van der Waals surface area contributed by atoms with E-state index in [1.54, 1.807) is 6.07 Å². The summed E-state index contributed by atoms with van der Waals surface area (Å²) in [6, 6.07) is 4.79. The standard InChI is InChI=1S/C14H17ClFNO/c1-2-17-14(13-5-3-4-8-18-13)10-6-7-11(15)12(16)9-10/h5-7,9,14,17H,2-4,8H2,1H3. The third kappa shape index (κ3) is 3.03.